The van der Waals surface area contributed by atoms with Gasteiger partial charge in [-0.15, -0.1) is 0 Å². The number of carbonyl (C=O) groups is 1. The molecule has 1 saturated heterocycles. The Morgan fingerprint density at radius 1 is 1.35 bits per heavy atom. The summed E-state index contributed by atoms with van der Waals surface area (Å²) >= 11 is 1.73. The Balaban J connectivity index is 2.48. The highest BCUT2D eigenvalue weighted by molar-refractivity contribution is 8.00. The quantitative estimate of drug-likeness (QED) is 0.922. The van der Waals surface area contributed by atoms with Gasteiger partial charge in [0.1, 0.15) is 0 Å². The molecule has 0 amide bonds. The number of thioether (sulfide) groups is 1. The number of nitrogens with zero attached hydrogens (tertiary/aromatic N) is 1. The number of carboxylic acid groups (broad SMARTS) is 1. The first kappa shape index (κ1) is 15.3. The van der Waals surface area contributed by atoms with Crippen LogP contribution in [0.1, 0.15) is 24.2 Å². The summed E-state index contributed by atoms with van der Waals surface area (Å²) in [5.74, 6) is -0.503. The van der Waals surface area contributed by atoms with Crippen LogP contribution in [-0.2, 0) is 10.0 Å². The van der Waals surface area contributed by atoms with Crippen molar-refractivity contribution in [2.45, 2.75) is 30.0 Å². The molecule has 1 fully saturated rings. The second-order valence-corrected chi connectivity index (χ2v) is 8.08. The van der Waals surface area contributed by atoms with Gasteiger partial charge in [-0.1, -0.05) is 19.1 Å². The molecular weight excluding hydrogens is 298 g/mol. The van der Waals surface area contributed by atoms with Crippen LogP contribution in [0.5, 0.6) is 0 Å². The molecule has 0 saturated carbocycles. The molecule has 0 bridgehead atoms. The third-order valence-electron chi connectivity index (χ3n) is 3.53. The number of rotatable bonds is 3. The summed E-state index contributed by atoms with van der Waals surface area (Å²) in [4.78, 5) is 11.1. The Hall–Kier alpha value is -1.05. The molecule has 2 rings (SSSR count). The molecule has 0 aliphatic carbocycles. The first-order valence-electron chi connectivity index (χ1n) is 6.31. The van der Waals surface area contributed by atoms with Gasteiger partial charge in [-0.2, -0.15) is 16.1 Å². The maximum Gasteiger partial charge on any atom is 0.337 e. The largest absolute Gasteiger partial charge is 0.478 e. The molecule has 1 aromatic carbocycles. The van der Waals surface area contributed by atoms with E-state index in [0.717, 1.165) is 5.75 Å². The van der Waals surface area contributed by atoms with E-state index in [9.17, 15) is 13.2 Å². The van der Waals surface area contributed by atoms with E-state index < -0.39 is 16.0 Å². The number of benzene rings is 1. The highest BCUT2D eigenvalue weighted by Crippen LogP contribution is 2.30. The van der Waals surface area contributed by atoms with Crippen LogP contribution in [0.2, 0.25) is 0 Å². The summed E-state index contributed by atoms with van der Waals surface area (Å²) in [7, 11) is -3.78. The van der Waals surface area contributed by atoms with Gasteiger partial charge in [0, 0.05) is 23.6 Å². The Morgan fingerprint density at radius 2 is 2.00 bits per heavy atom. The normalized spacial score (nSPS) is 24.5. The van der Waals surface area contributed by atoms with E-state index in [2.05, 4.69) is 0 Å². The number of sulfonamides is 1. The lowest BCUT2D eigenvalue weighted by Gasteiger charge is -2.36. The maximum atomic E-state index is 12.7. The van der Waals surface area contributed by atoms with Gasteiger partial charge in [0.25, 0.3) is 0 Å². The topological polar surface area (TPSA) is 74.7 Å². The molecule has 2 unspecified atom stereocenters. The summed E-state index contributed by atoms with van der Waals surface area (Å²) in [5.41, 5.74) is -0.175. The lowest BCUT2D eigenvalue weighted by molar-refractivity contribution is 0.0692. The molecule has 1 heterocycles. The van der Waals surface area contributed by atoms with E-state index in [1.54, 1.807) is 17.8 Å². The summed E-state index contributed by atoms with van der Waals surface area (Å²) in [6.07, 6.45) is 0. The molecule has 1 aliphatic rings. The lowest BCUT2D eigenvalue weighted by atomic mass is 10.2. The number of hydrogen-bond acceptors (Lipinski definition) is 4. The number of hydrogen-bond donors (Lipinski definition) is 1. The second kappa shape index (κ2) is 5.75. The van der Waals surface area contributed by atoms with Crippen LogP contribution >= 0.6 is 11.8 Å². The minimum Gasteiger partial charge on any atom is -0.478 e. The van der Waals surface area contributed by atoms with Crippen molar-refractivity contribution in [3.8, 4) is 0 Å². The first-order chi connectivity index (χ1) is 9.35. The van der Waals surface area contributed by atoms with Crippen LogP contribution in [0.4, 0.5) is 0 Å². The zero-order chi connectivity index (χ0) is 14.9. The summed E-state index contributed by atoms with van der Waals surface area (Å²) < 4.78 is 26.9. The van der Waals surface area contributed by atoms with Crippen molar-refractivity contribution in [1.29, 1.82) is 0 Å². The van der Waals surface area contributed by atoms with E-state index in [1.807, 2.05) is 13.8 Å². The van der Waals surface area contributed by atoms with Gasteiger partial charge < -0.3 is 5.11 Å². The molecule has 0 spiro atoms. The van der Waals surface area contributed by atoms with Crippen molar-refractivity contribution < 1.29 is 18.3 Å². The lowest BCUT2D eigenvalue weighted by Crippen LogP contribution is -2.48. The highest BCUT2D eigenvalue weighted by atomic mass is 32.2. The minimum absolute atomic E-state index is 0.126. The molecule has 0 radical (unpaired) electrons. The molecule has 1 aromatic rings. The van der Waals surface area contributed by atoms with Crippen molar-refractivity contribution in [3.05, 3.63) is 29.8 Å². The fourth-order valence-corrected chi connectivity index (χ4v) is 5.42. The molecule has 20 heavy (non-hydrogen) atoms. The Morgan fingerprint density at radius 3 is 2.65 bits per heavy atom. The number of aromatic carboxylic acids is 1. The van der Waals surface area contributed by atoms with Gasteiger partial charge in [0.2, 0.25) is 10.0 Å². The van der Waals surface area contributed by atoms with Crippen LogP contribution < -0.4 is 0 Å². The van der Waals surface area contributed by atoms with Gasteiger partial charge in [-0.25, -0.2) is 13.2 Å². The van der Waals surface area contributed by atoms with Crippen LogP contribution in [0.25, 0.3) is 0 Å². The SMILES string of the molecule is CC1SCCN(S(=O)(=O)c2ccccc2C(=O)O)C1C. The van der Waals surface area contributed by atoms with E-state index in [0.29, 0.717) is 6.54 Å². The third kappa shape index (κ3) is 2.70. The highest BCUT2D eigenvalue weighted by Gasteiger charge is 2.36. The Bertz CT molecular complexity index is 615. The first-order valence-corrected chi connectivity index (χ1v) is 8.80. The summed E-state index contributed by atoms with van der Waals surface area (Å²) in [6.45, 7) is 4.25. The predicted octanol–water partition coefficient (Wildman–Crippen LogP) is 1.90. The van der Waals surface area contributed by atoms with Crippen molar-refractivity contribution in [2.24, 2.45) is 0 Å². The Kier molecular flexibility index (Phi) is 4.41. The minimum atomic E-state index is -3.78. The third-order valence-corrected chi connectivity index (χ3v) is 6.91. The molecule has 1 N–H and O–H groups in total. The summed E-state index contributed by atoms with van der Waals surface area (Å²) in [6, 6.07) is 5.60. The van der Waals surface area contributed by atoms with Gasteiger partial charge >= 0.3 is 5.97 Å². The van der Waals surface area contributed by atoms with E-state index in [4.69, 9.17) is 5.11 Å². The molecular formula is C13H17NO4S2. The summed E-state index contributed by atoms with van der Waals surface area (Å²) in [5, 5.41) is 9.35. The molecule has 5 nitrogen and oxygen atoms in total. The van der Waals surface area contributed by atoms with Crippen molar-refractivity contribution in [1.82, 2.24) is 4.31 Å². The zero-order valence-corrected chi connectivity index (χ0v) is 12.9. The fraction of sp³-hybridized carbons (Fsp3) is 0.462. The average Bonchev–Trinajstić information content (AvgIpc) is 2.41. The number of carboxylic acids is 1. The molecule has 1 aliphatic heterocycles. The molecule has 110 valence electrons. The second-order valence-electron chi connectivity index (χ2n) is 4.73. The molecule has 2 atom stereocenters. The zero-order valence-electron chi connectivity index (χ0n) is 11.3. The fourth-order valence-electron chi connectivity index (χ4n) is 2.24. The smallest absolute Gasteiger partial charge is 0.337 e. The molecule has 0 aromatic heterocycles. The van der Waals surface area contributed by atoms with Crippen LogP contribution in [0, 0.1) is 0 Å². The van der Waals surface area contributed by atoms with Crippen molar-refractivity contribution in [3.63, 3.8) is 0 Å². The van der Waals surface area contributed by atoms with Gasteiger partial charge in [0.15, 0.2) is 0 Å². The van der Waals surface area contributed by atoms with Crippen LogP contribution in [0.15, 0.2) is 29.2 Å². The van der Waals surface area contributed by atoms with Crippen LogP contribution in [-0.4, -0.2) is 47.4 Å². The van der Waals surface area contributed by atoms with Gasteiger partial charge in [0.05, 0.1) is 10.5 Å². The van der Waals surface area contributed by atoms with Crippen LogP contribution in [0.3, 0.4) is 0 Å². The van der Waals surface area contributed by atoms with Crippen molar-refractivity contribution in [2.75, 3.05) is 12.3 Å². The van der Waals surface area contributed by atoms with Gasteiger partial charge in [-0.3, -0.25) is 0 Å². The van der Waals surface area contributed by atoms with E-state index >= 15 is 0 Å². The van der Waals surface area contributed by atoms with Crippen molar-refractivity contribution >= 4 is 27.8 Å². The average molecular weight is 315 g/mol. The monoisotopic (exact) mass is 315 g/mol. The Labute approximate surface area is 123 Å². The predicted molar refractivity (Wildman–Crippen MR) is 78.7 cm³/mol. The van der Waals surface area contributed by atoms with E-state index in [-0.39, 0.29) is 21.8 Å². The molecule has 7 heteroatoms. The van der Waals surface area contributed by atoms with E-state index in [1.165, 1.54) is 22.5 Å². The van der Waals surface area contributed by atoms with Gasteiger partial charge in [-0.05, 0) is 19.1 Å². The standard InChI is InChI=1S/C13H17NO4S2/c1-9-10(2)19-8-7-14(9)20(17,18)12-6-4-3-5-11(12)13(15)16/h3-6,9-10H,7-8H2,1-2H3,(H,15,16). The maximum absolute atomic E-state index is 12.7.